The molecule has 1 amide bonds. The predicted molar refractivity (Wildman–Crippen MR) is 109 cm³/mol. The number of nitrogens with zero attached hydrogens (tertiary/aromatic N) is 4. The molecule has 1 fully saturated rings. The monoisotopic (exact) mass is 441 g/mol. The van der Waals surface area contributed by atoms with Gasteiger partial charge in [0.05, 0.1) is 11.8 Å². The first-order valence-corrected chi connectivity index (χ1v) is 9.93. The van der Waals surface area contributed by atoms with Gasteiger partial charge < -0.3 is 14.6 Å². The number of pyridine rings is 2. The van der Waals surface area contributed by atoms with Gasteiger partial charge in [-0.05, 0) is 59.5 Å². The van der Waals surface area contributed by atoms with Gasteiger partial charge >= 0.3 is 0 Å². The largest absolute Gasteiger partial charge is 0.444 e. The van der Waals surface area contributed by atoms with Crippen molar-refractivity contribution < 1.29 is 9.21 Å². The van der Waals surface area contributed by atoms with Crippen LogP contribution in [0.2, 0.25) is 0 Å². The Kier molecular flexibility index (Phi) is 5.38. The minimum atomic E-state index is -0.108. The van der Waals surface area contributed by atoms with E-state index in [1.807, 2.05) is 30.0 Å². The molecule has 3 aromatic heterocycles. The van der Waals surface area contributed by atoms with Crippen molar-refractivity contribution in [3.05, 3.63) is 58.8 Å². The molecule has 0 unspecified atom stereocenters. The molecular weight excluding hydrogens is 422 g/mol. The number of carbonyl (C=O) groups excluding carboxylic acids is 1. The number of oxazole rings is 1. The summed E-state index contributed by atoms with van der Waals surface area (Å²) in [5, 5.41) is 3.42. The molecule has 1 aliphatic heterocycles. The summed E-state index contributed by atoms with van der Waals surface area (Å²) >= 11 is 3.39. The van der Waals surface area contributed by atoms with Gasteiger partial charge in [0, 0.05) is 36.0 Å². The van der Waals surface area contributed by atoms with Crippen molar-refractivity contribution in [1.82, 2.24) is 19.9 Å². The van der Waals surface area contributed by atoms with E-state index in [1.54, 1.807) is 18.6 Å². The average Bonchev–Trinajstić information content (AvgIpc) is 3.24. The number of hydrogen-bond donors (Lipinski definition) is 1. The van der Waals surface area contributed by atoms with E-state index in [0.29, 0.717) is 30.2 Å². The lowest BCUT2D eigenvalue weighted by atomic mass is 10.0. The second kappa shape index (κ2) is 8.10. The maximum absolute atomic E-state index is 13.2. The number of likely N-dealkylation sites (tertiary alicyclic amines) is 1. The van der Waals surface area contributed by atoms with Crippen LogP contribution in [-0.4, -0.2) is 44.9 Å². The van der Waals surface area contributed by atoms with Crippen LogP contribution in [0.4, 0.5) is 5.82 Å². The maximum atomic E-state index is 13.2. The van der Waals surface area contributed by atoms with Crippen LogP contribution < -0.4 is 5.32 Å². The molecule has 1 atom stereocenters. The molecule has 0 bridgehead atoms. The fourth-order valence-corrected chi connectivity index (χ4v) is 3.59. The van der Waals surface area contributed by atoms with Crippen molar-refractivity contribution >= 4 is 27.7 Å². The lowest BCUT2D eigenvalue weighted by molar-refractivity contribution is 0.0709. The number of piperidine rings is 1. The highest BCUT2D eigenvalue weighted by atomic mass is 79.9. The van der Waals surface area contributed by atoms with E-state index in [1.165, 1.54) is 6.26 Å². The van der Waals surface area contributed by atoms with E-state index >= 15 is 0 Å². The van der Waals surface area contributed by atoms with Crippen LogP contribution in [0.3, 0.4) is 0 Å². The molecule has 0 spiro atoms. The van der Waals surface area contributed by atoms with Crippen molar-refractivity contribution in [3.8, 4) is 11.5 Å². The number of nitrogens with one attached hydrogen (secondary N) is 1. The molecule has 0 radical (unpaired) electrons. The van der Waals surface area contributed by atoms with Gasteiger partial charge in [-0.2, -0.15) is 0 Å². The smallest absolute Gasteiger partial charge is 0.273 e. The number of halogens is 1. The van der Waals surface area contributed by atoms with E-state index in [-0.39, 0.29) is 11.9 Å². The Balaban J connectivity index is 1.53. The second-order valence-corrected chi connectivity index (χ2v) is 7.76. The zero-order valence-corrected chi connectivity index (χ0v) is 17.0. The van der Waals surface area contributed by atoms with Gasteiger partial charge in [-0.3, -0.25) is 4.79 Å². The summed E-state index contributed by atoms with van der Waals surface area (Å²) in [4.78, 5) is 28.0. The van der Waals surface area contributed by atoms with Crippen molar-refractivity contribution in [1.29, 1.82) is 0 Å². The molecular formula is C20H20BrN5O2. The molecule has 1 N–H and O–H groups in total. The van der Waals surface area contributed by atoms with Crippen molar-refractivity contribution in [3.63, 3.8) is 0 Å². The van der Waals surface area contributed by atoms with E-state index in [2.05, 4.69) is 36.2 Å². The zero-order valence-electron chi connectivity index (χ0n) is 15.4. The van der Waals surface area contributed by atoms with Crippen molar-refractivity contribution in [2.24, 2.45) is 0 Å². The molecule has 4 heterocycles. The van der Waals surface area contributed by atoms with Crippen LogP contribution in [0.5, 0.6) is 0 Å². The lowest BCUT2D eigenvalue weighted by Crippen LogP contribution is -2.45. The first-order valence-electron chi connectivity index (χ1n) is 9.14. The summed E-state index contributed by atoms with van der Waals surface area (Å²) in [6.45, 7) is 3.22. The Hall–Kier alpha value is -2.74. The Bertz CT molecular complexity index is 959. The molecule has 144 valence electrons. The molecule has 0 aliphatic carbocycles. The van der Waals surface area contributed by atoms with Crippen LogP contribution in [0, 0.1) is 6.92 Å². The number of hydrogen-bond acceptors (Lipinski definition) is 6. The van der Waals surface area contributed by atoms with Crippen LogP contribution in [0.1, 0.15) is 28.9 Å². The summed E-state index contributed by atoms with van der Waals surface area (Å²) in [7, 11) is 0. The van der Waals surface area contributed by atoms with Crippen LogP contribution in [0.15, 0.2) is 51.9 Å². The van der Waals surface area contributed by atoms with E-state index < -0.39 is 0 Å². The highest BCUT2D eigenvalue weighted by molar-refractivity contribution is 9.10. The van der Waals surface area contributed by atoms with Gasteiger partial charge in [0.25, 0.3) is 5.91 Å². The van der Waals surface area contributed by atoms with E-state index in [4.69, 9.17) is 4.42 Å². The molecule has 4 rings (SSSR count). The third-order valence-corrected chi connectivity index (χ3v) is 5.15. The molecule has 28 heavy (non-hydrogen) atoms. The number of rotatable bonds is 4. The van der Waals surface area contributed by atoms with E-state index in [0.717, 1.165) is 28.7 Å². The van der Waals surface area contributed by atoms with Gasteiger partial charge in [0.2, 0.25) is 5.89 Å². The summed E-state index contributed by atoms with van der Waals surface area (Å²) in [5.74, 6) is 1.10. The Morgan fingerprint density at radius 1 is 1.29 bits per heavy atom. The Morgan fingerprint density at radius 2 is 2.18 bits per heavy atom. The minimum Gasteiger partial charge on any atom is -0.444 e. The molecule has 1 saturated heterocycles. The number of anilines is 1. The minimum absolute atomic E-state index is 0.108. The van der Waals surface area contributed by atoms with Gasteiger partial charge in [0.1, 0.15) is 17.8 Å². The molecule has 0 aromatic carbocycles. The average molecular weight is 442 g/mol. The quantitative estimate of drug-likeness (QED) is 0.660. The first-order chi connectivity index (χ1) is 13.6. The molecule has 7 nitrogen and oxygen atoms in total. The lowest BCUT2D eigenvalue weighted by Gasteiger charge is -2.33. The topological polar surface area (TPSA) is 84.2 Å². The SMILES string of the molecule is Cc1cnc(C(=O)N2CCC[C@@H](Nc3ccc(Br)cn3)C2)c(-c2ncco2)c1. The molecule has 1 aliphatic rings. The Morgan fingerprint density at radius 3 is 2.93 bits per heavy atom. The number of carbonyl (C=O) groups is 1. The van der Waals surface area contributed by atoms with Crippen LogP contribution in [0.25, 0.3) is 11.5 Å². The molecule has 8 heteroatoms. The zero-order chi connectivity index (χ0) is 19.5. The fraction of sp³-hybridized carbons (Fsp3) is 0.300. The van der Waals surface area contributed by atoms with Gasteiger partial charge in [-0.25, -0.2) is 15.0 Å². The fourth-order valence-electron chi connectivity index (χ4n) is 3.36. The third-order valence-electron chi connectivity index (χ3n) is 4.68. The normalized spacial score (nSPS) is 16.8. The summed E-state index contributed by atoms with van der Waals surface area (Å²) in [5.41, 5.74) is 1.94. The summed E-state index contributed by atoms with van der Waals surface area (Å²) < 4.78 is 6.35. The second-order valence-electron chi connectivity index (χ2n) is 6.84. The number of aromatic nitrogens is 3. The predicted octanol–water partition coefficient (Wildman–Crippen LogP) is 3.92. The Labute approximate surface area is 171 Å². The van der Waals surface area contributed by atoms with Gasteiger partial charge in [-0.15, -0.1) is 0 Å². The van der Waals surface area contributed by atoms with Gasteiger partial charge in [-0.1, -0.05) is 0 Å². The number of aryl methyl sites for hydroxylation is 1. The highest BCUT2D eigenvalue weighted by Crippen LogP contribution is 2.25. The standard InChI is InChI=1S/C20H20BrN5O2/c1-13-9-16(19-22-6-8-28-19)18(24-10-13)20(27)26-7-2-3-15(12-26)25-17-5-4-14(21)11-23-17/h4-6,8-11,15H,2-3,7,12H2,1H3,(H,23,25)/t15-/m1/s1. The van der Waals surface area contributed by atoms with Gasteiger partial charge in [0.15, 0.2) is 0 Å². The number of amides is 1. The maximum Gasteiger partial charge on any atom is 0.273 e. The molecule has 0 saturated carbocycles. The van der Waals surface area contributed by atoms with Crippen LogP contribution in [-0.2, 0) is 0 Å². The summed E-state index contributed by atoms with van der Waals surface area (Å²) in [6, 6.07) is 5.90. The van der Waals surface area contributed by atoms with Crippen LogP contribution >= 0.6 is 15.9 Å². The van der Waals surface area contributed by atoms with Crippen molar-refractivity contribution in [2.45, 2.75) is 25.8 Å². The van der Waals surface area contributed by atoms with Crippen molar-refractivity contribution in [2.75, 3.05) is 18.4 Å². The first kappa shape index (κ1) is 18.6. The summed E-state index contributed by atoms with van der Waals surface area (Å²) in [6.07, 6.45) is 8.42. The van der Waals surface area contributed by atoms with E-state index in [9.17, 15) is 4.79 Å². The third kappa shape index (κ3) is 4.06. The highest BCUT2D eigenvalue weighted by Gasteiger charge is 2.28. The molecule has 3 aromatic rings.